The van der Waals surface area contributed by atoms with Crippen molar-refractivity contribution < 1.29 is 0 Å². The van der Waals surface area contributed by atoms with Gasteiger partial charge in [0.1, 0.15) is 0 Å². The zero-order valence-electron chi connectivity index (χ0n) is 42.1. The maximum Gasteiger partial charge on any atom is 0.00630 e. The molecule has 0 fully saturated rings. The molecule has 0 atom stereocenters. The van der Waals surface area contributed by atoms with Crippen LogP contribution in [0.5, 0.6) is 0 Å². The summed E-state index contributed by atoms with van der Waals surface area (Å²) in [6, 6.07) is 0. The Hall–Kier alpha value is -3.12. The summed E-state index contributed by atoms with van der Waals surface area (Å²) in [7, 11) is 0. The van der Waals surface area contributed by atoms with Crippen molar-refractivity contribution in [2.45, 2.75) is 166 Å². The van der Waals surface area contributed by atoms with Crippen LogP contribution in [-0.2, 0) is 0 Å². The number of hydrogen-bond donors (Lipinski definition) is 0. The topological polar surface area (TPSA) is 0 Å². The standard InChI is InChI=1S/C58H86/c1-51(2,3)43-29-39(47(33-43)55(13,14)15)25-37(26-40-30-44(52(4,5)6)34-48(40)56(16,17)18)38(27-41-31-45(53(7,8)9)35-49(41)57(19,20)21)28-42-32-46(54(10,11)12)36-50(42)58(22,23)24/h25-38H,1-24H3/b39-25+,40-26+,41-27+,42-28+. The van der Waals surface area contributed by atoms with Gasteiger partial charge in [-0.1, -0.05) is 239 Å². The SMILES string of the molecule is CC(C)(C)C1=C/C(=C\C(/C=C2\C=C(C(C)(C)C)C=C2C(C)(C)C)C(/C=C2\C=C(C(C)(C)C)C=C2C(C)(C)C)/C=C2\C=C(C(C)(C)C)C=C2C(C)(C)C)C(C(C)(C)C)=C1. The molecule has 0 nitrogen and oxygen atoms in total. The van der Waals surface area contributed by atoms with E-state index in [1.54, 1.807) is 0 Å². The van der Waals surface area contributed by atoms with Crippen LogP contribution < -0.4 is 0 Å². The van der Waals surface area contributed by atoms with Crippen molar-refractivity contribution >= 4 is 0 Å². The van der Waals surface area contributed by atoms with Gasteiger partial charge in [-0.25, -0.2) is 0 Å². The Kier molecular flexibility index (Phi) is 12.6. The van der Waals surface area contributed by atoms with Crippen molar-refractivity contribution in [3.63, 3.8) is 0 Å². The lowest BCUT2D eigenvalue weighted by atomic mass is 9.76. The van der Waals surface area contributed by atoms with E-state index in [4.69, 9.17) is 0 Å². The van der Waals surface area contributed by atoms with Gasteiger partial charge in [-0.05, 0) is 110 Å². The van der Waals surface area contributed by atoms with Crippen LogP contribution in [0.3, 0.4) is 0 Å². The average Bonchev–Trinajstić information content (AvgIpc) is 3.77. The highest BCUT2D eigenvalue weighted by atomic mass is 14.4. The lowest BCUT2D eigenvalue weighted by Gasteiger charge is -2.28. The molecule has 0 N–H and O–H groups in total. The molecule has 0 aromatic carbocycles. The Morgan fingerprint density at radius 3 is 0.517 bits per heavy atom. The molecule has 4 rings (SSSR count). The first-order chi connectivity index (χ1) is 25.8. The van der Waals surface area contributed by atoms with Crippen LogP contribution in [0.25, 0.3) is 0 Å². The summed E-state index contributed by atoms with van der Waals surface area (Å²) in [5, 5.41) is 0. The normalized spacial score (nSPS) is 22.0. The van der Waals surface area contributed by atoms with Gasteiger partial charge >= 0.3 is 0 Å². The van der Waals surface area contributed by atoms with Crippen molar-refractivity contribution in [2.24, 2.45) is 55.2 Å². The first-order valence-electron chi connectivity index (χ1n) is 22.4. The molecule has 0 unspecified atom stereocenters. The molecule has 0 saturated heterocycles. The molecule has 4 aliphatic carbocycles. The monoisotopic (exact) mass is 783 g/mol. The zero-order chi connectivity index (χ0) is 44.6. The fourth-order valence-corrected chi connectivity index (χ4v) is 8.35. The van der Waals surface area contributed by atoms with Gasteiger partial charge in [0, 0.05) is 11.8 Å². The van der Waals surface area contributed by atoms with Gasteiger partial charge in [-0.2, -0.15) is 0 Å². The predicted molar refractivity (Wildman–Crippen MR) is 260 cm³/mol. The Balaban J connectivity index is 2.23. The lowest BCUT2D eigenvalue weighted by molar-refractivity contribution is 0.501. The minimum absolute atomic E-state index is 0.00151. The van der Waals surface area contributed by atoms with Gasteiger partial charge in [0.25, 0.3) is 0 Å². The molecule has 0 saturated carbocycles. The Morgan fingerprint density at radius 2 is 0.397 bits per heavy atom. The van der Waals surface area contributed by atoms with Crippen LogP contribution in [0.2, 0.25) is 0 Å². The van der Waals surface area contributed by atoms with E-state index in [0.29, 0.717) is 0 Å². The van der Waals surface area contributed by atoms with E-state index in [2.05, 4.69) is 239 Å². The number of rotatable bonds is 5. The molecule has 0 spiro atoms. The van der Waals surface area contributed by atoms with Crippen LogP contribution in [0.15, 0.2) is 140 Å². The van der Waals surface area contributed by atoms with Crippen LogP contribution in [-0.4, -0.2) is 0 Å². The fraction of sp³-hybridized carbons (Fsp3) is 0.586. The highest BCUT2D eigenvalue weighted by molar-refractivity contribution is 5.62. The average molecular weight is 783 g/mol. The van der Waals surface area contributed by atoms with E-state index in [0.717, 1.165) is 0 Å². The molecule has 0 aromatic heterocycles. The summed E-state index contributed by atoms with van der Waals surface area (Å²) in [4.78, 5) is 0. The molecule has 0 aliphatic heterocycles. The van der Waals surface area contributed by atoms with Crippen molar-refractivity contribution in [2.75, 3.05) is 0 Å². The van der Waals surface area contributed by atoms with Gasteiger partial charge in [0.05, 0.1) is 0 Å². The minimum Gasteiger partial charge on any atom is -0.0691 e. The summed E-state index contributed by atoms with van der Waals surface area (Å²) in [6.45, 7) is 56.8. The van der Waals surface area contributed by atoms with Gasteiger partial charge < -0.3 is 0 Å². The lowest BCUT2D eigenvalue weighted by Crippen LogP contribution is -2.16. The maximum atomic E-state index is 2.65. The summed E-state index contributed by atoms with van der Waals surface area (Å²) < 4.78 is 0. The molecular formula is C58H86. The van der Waals surface area contributed by atoms with Crippen molar-refractivity contribution in [3.05, 3.63) is 140 Å². The summed E-state index contributed by atoms with van der Waals surface area (Å²) in [5.74, 6) is 0.156. The molecule has 0 amide bonds. The van der Waals surface area contributed by atoms with Gasteiger partial charge in [-0.3, -0.25) is 0 Å². The number of hydrogen-bond acceptors (Lipinski definition) is 0. The first kappa shape index (κ1) is 47.6. The summed E-state index contributed by atoms with van der Waals surface area (Å²) in [5.41, 5.74) is 17.0. The highest BCUT2D eigenvalue weighted by Crippen LogP contribution is 2.49. The second kappa shape index (κ2) is 15.4. The molecule has 4 aliphatic rings. The minimum atomic E-state index is -0.00151. The molecule has 0 heterocycles. The Labute approximate surface area is 359 Å². The first-order valence-corrected chi connectivity index (χ1v) is 22.4. The van der Waals surface area contributed by atoms with E-state index >= 15 is 0 Å². The molecule has 0 radical (unpaired) electrons. The molecular weight excluding hydrogens is 697 g/mol. The third-order valence-corrected chi connectivity index (χ3v) is 12.3. The summed E-state index contributed by atoms with van der Waals surface area (Å²) >= 11 is 0. The zero-order valence-corrected chi connectivity index (χ0v) is 42.1. The smallest absolute Gasteiger partial charge is 0.00630 e. The largest absolute Gasteiger partial charge is 0.0691 e. The van der Waals surface area contributed by atoms with E-state index < -0.39 is 0 Å². The van der Waals surface area contributed by atoms with Crippen molar-refractivity contribution in [3.8, 4) is 0 Å². The van der Waals surface area contributed by atoms with E-state index in [9.17, 15) is 0 Å². The van der Waals surface area contributed by atoms with Crippen molar-refractivity contribution in [1.29, 1.82) is 0 Å². The molecule has 0 aromatic rings. The van der Waals surface area contributed by atoms with Gasteiger partial charge in [-0.15, -0.1) is 0 Å². The van der Waals surface area contributed by atoms with Crippen LogP contribution >= 0.6 is 0 Å². The van der Waals surface area contributed by atoms with Gasteiger partial charge in [0.2, 0.25) is 0 Å². The van der Waals surface area contributed by atoms with Crippen LogP contribution in [0.4, 0.5) is 0 Å². The van der Waals surface area contributed by atoms with Crippen molar-refractivity contribution in [1.82, 2.24) is 0 Å². The predicted octanol–water partition coefficient (Wildman–Crippen LogP) is 17.8. The summed E-state index contributed by atoms with van der Waals surface area (Å²) in [6.07, 6.45) is 30.7. The maximum absolute atomic E-state index is 2.65. The Morgan fingerprint density at radius 1 is 0.241 bits per heavy atom. The second-order valence-corrected chi connectivity index (χ2v) is 26.3. The van der Waals surface area contributed by atoms with E-state index in [1.807, 2.05) is 0 Å². The third kappa shape index (κ3) is 11.2. The molecule has 318 valence electrons. The highest BCUT2D eigenvalue weighted by Gasteiger charge is 2.35. The van der Waals surface area contributed by atoms with Crippen LogP contribution in [0.1, 0.15) is 166 Å². The van der Waals surface area contributed by atoms with E-state index in [1.165, 1.54) is 66.9 Å². The second-order valence-electron chi connectivity index (χ2n) is 26.3. The number of allylic oxidation sites excluding steroid dienone is 24. The quantitative estimate of drug-likeness (QED) is 0.261. The molecule has 0 bridgehead atoms. The Bertz CT molecular complexity index is 1720. The fourth-order valence-electron chi connectivity index (χ4n) is 8.35. The molecule has 58 heavy (non-hydrogen) atoms. The third-order valence-electron chi connectivity index (χ3n) is 12.3. The molecule has 0 heteroatoms. The van der Waals surface area contributed by atoms with Crippen LogP contribution in [0, 0.1) is 55.2 Å². The van der Waals surface area contributed by atoms with E-state index in [-0.39, 0.29) is 55.2 Å². The van der Waals surface area contributed by atoms with Gasteiger partial charge in [0.15, 0.2) is 0 Å².